The maximum Gasteiger partial charge on any atom is 0.310 e. The number of carbonyl (C=O) groups is 4. The number of aliphatic carboxylic acids is 1. The SMILES string of the molecule is CCOC(=O)[C@H]1CC[C@@H](NC(=O)C2(CC(CC(=O)O)C(=O)OC(C)(C)C)CCCC2)CC1. The molecule has 8 nitrogen and oxygen atoms in total. The number of nitrogens with one attached hydrogen (secondary N) is 1. The highest BCUT2D eigenvalue weighted by Gasteiger charge is 2.46. The largest absolute Gasteiger partial charge is 0.481 e. The van der Waals surface area contributed by atoms with Gasteiger partial charge in [0.1, 0.15) is 5.60 Å². The van der Waals surface area contributed by atoms with Gasteiger partial charge in [-0.25, -0.2) is 0 Å². The van der Waals surface area contributed by atoms with Gasteiger partial charge in [0.05, 0.1) is 30.3 Å². The molecule has 0 aromatic rings. The third-order valence-corrected chi connectivity index (χ3v) is 6.52. The maximum absolute atomic E-state index is 13.4. The zero-order chi connectivity index (χ0) is 23.9. The Morgan fingerprint density at radius 2 is 1.66 bits per heavy atom. The maximum atomic E-state index is 13.4. The number of rotatable bonds is 9. The van der Waals surface area contributed by atoms with Gasteiger partial charge in [-0.1, -0.05) is 12.8 Å². The van der Waals surface area contributed by atoms with E-state index < -0.39 is 28.9 Å². The van der Waals surface area contributed by atoms with Crippen LogP contribution in [0.4, 0.5) is 0 Å². The highest BCUT2D eigenvalue weighted by molar-refractivity contribution is 5.85. The zero-order valence-electron chi connectivity index (χ0n) is 19.9. The lowest BCUT2D eigenvalue weighted by atomic mass is 9.75. The van der Waals surface area contributed by atoms with E-state index in [9.17, 15) is 24.3 Å². The van der Waals surface area contributed by atoms with Crippen LogP contribution in [0, 0.1) is 17.3 Å². The molecule has 2 rings (SSSR count). The van der Waals surface area contributed by atoms with Gasteiger partial charge >= 0.3 is 17.9 Å². The van der Waals surface area contributed by atoms with Gasteiger partial charge in [-0.05, 0) is 72.6 Å². The normalized spacial score (nSPS) is 23.8. The van der Waals surface area contributed by atoms with Gasteiger partial charge in [0.15, 0.2) is 0 Å². The van der Waals surface area contributed by atoms with E-state index >= 15 is 0 Å². The first-order chi connectivity index (χ1) is 15.0. The molecule has 1 unspecified atom stereocenters. The molecule has 0 saturated heterocycles. The summed E-state index contributed by atoms with van der Waals surface area (Å²) in [5.74, 6) is -2.89. The van der Waals surface area contributed by atoms with Crippen molar-refractivity contribution in [1.82, 2.24) is 5.32 Å². The summed E-state index contributed by atoms with van der Waals surface area (Å²) >= 11 is 0. The number of carboxylic acids is 1. The minimum absolute atomic E-state index is 0.0231. The van der Waals surface area contributed by atoms with Crippen LogP contribution in [-0.4, -0.2) is 47.2 Å². The van der Waals surface area contributed by atoms with Crippen LogP contribution < -0.4 is 5.32 Å². The second-order valence-corrected chi connectivity index (χ2v) is 10.3. The Kier molecular flexibility index (Phi) is 9.10. The molecule has 2 N–H and O–H groups in total. The van der Waals surface area contributed by atoms with Crippen LogP contribution in [-0.2, 0) is 28.7 Å². The second-order valence-electron chi connectivity index (χ2n) is 10.3. The standard InChI is InChI=1S/C24H39NO7/c1-5-31-20(28)16-8-10-18(11-9-16)25-22(30)24(12-6-7-13-24)15-17(14-19(26)27)21(29)32-23(2,3)4/h16-18H,5-15H2,1-4H3,(H,25,30)(H,26,27)/t16-,17?,18+. The van der Waals surface area contributed by atoms with E-state index in [0.717, 1.165) is 12.8 Å². The van der Waals surface area contributed by atoms with Gasteiger partial charge in [-0.2, -0.15) is 0 Å². The van der Waals surface area contributed by atoms with E-state index in [4.69, 9.17) is 9.47 Å². The quantitative estimate of drug-likeness (QED) is 0.512. The molecule has 2 saturated carbocycles. The van der Waals surface area contributed by atoms with Gasteiger partial charge in [-0.15, -0.1) is 0 Å². The van der Waals surface area contributed by atoms with Crippen molar-refractivity contribution in [3.8, 4) is 0 Å². The van der Waals surface area contributed by atoms with Gasteiger partial charge in [0, 0.05) is 6.04 Å². The average molecular weight is 454 g/mol. The molecule has 32 heavy (non-hydrogen) atoms. The highest BCUT2D eigenvalue weighted by atomic mass is 16.6. The molecule has 1 atom stereocenters. The van der Waals surface area contributed by atoms with E-state index in [0.29, 0.717) is 45.1 Å². The predicted octanol–water partition coefficient (Wildman–Crippen LogP) is 3.61. The lowest BCUT2D eigenvalue weighted by molar-refractivity contribution is -0.164. The van der Waals surface area contributed by atoms with Crippen LogP contribution in [0.25, 0.3) is 0 Å². The number of amides is 1. The Morgan fingerprint density at radius 3 is 2.16 bits per heavy atom. The summed E-state index contributed by atoms with van der Waals surface area (Å²) in [5.41, 5.74) is -1.48. The highest BCUT2D eigenvalue weighted by Crippen LogP contribution is 2.45. The summed E-state index contributed by atoms with van der Waals surface area (Å²) in [7, 11) is 0. The molecule has 1 amide bonds. The van der Waals surface area contributed by atoms with Crippen LogP contribution in [0.2, 0.25) is 0 Å². The van der Waals surface area contributed by atoms with Crippen molar-refractivity contribution >= 4 is 23.8 Å². The van der Waals surface area contributed by atoms with E-state index in [1.165, 1.54) is 0 Å². The third-order valence-electron chi connectivity index (χ3n) is 6.52. The first-order valence-corrected chi connectivity index (χ1v) is 11.9. The van der Waals surface area contributed by atoms with Crippen LogP contribution in [0.15, 0.2) is 0 Å². The van der Waals surface area contributed by atoms with Crippen molar-refractivity contribution in [3.63, 3.8) is 0 Å². The van der Waals surface area contributed by atoms with Crippen molar-refractivity contribution < 1.29 is 33.8 Å². The lowest BCUT2D eigenvalue weighted by Crippen LogP contribution is -2.47. The smallest absolute Gasteiger partial charge is 0.310 e. The molecule has 0 radical (unpaired) electrons. The summed E-state index contributed by atoms with van der Waals surface area (Å²) < 4.78 is 10.6. The Hall–Kier alpha value is -2.12. The fourth-order valence-corrected chi connectivity index (χ4v) is 4.95. The van der Waals surface area contributed by atoms with Crippen LogP contribution in [0.3, 0.4) is 0 Å². The Balaban J connectivity index is 2.04. The number of carbonyl (C=O) groups excluding carboxylic acids is 3. The summed E-state index contributed by atoms with van der Waals surface area (Å²) in [6, 6.07) is -0.0231. The summed E-state index contributed by atoms with van der Waals surface area (Å²) in [4.78, 5) is 49.5. The fourth-order valence-electron chi connectivity index (χ4n) is 4.95. The van der Waals surface area contributed by atoms with E-state index in [1.54, 1.807) is 27.7 Å². The molecule has 0 aliphatic heterocycles. The summed E-state index contributed by atoms with van der Waals surface area (Å²) in [6.45, 7) is 7.39. The molecule has 182 valence electrons. The third kappa shape index (κ3) is 7.48. The predicted molar refractivity (Wildman–Crippen MR) is 118 cm³/mol. The van der Waals surface area contributed by atoms with Crippen molar-refractivity contribution in [3.05, 3.63) is 0 Å². The van der Waals surface area contributed by atoms with Gasteiger partial charge in [0.2, 0.25) is 5.91 Å². The zero-order valence-corrected chi connectivity index (χ0v) is 19.9. The number of hydrogen-bond donors (Lipinski definition) is 2. The molecule has 0 spiro atoms. The van der Waals surface area contributed by atoms with Crippen LogP contribution in [0.5, 0.6) is 0 Å². The Morgan fingerprint density at radius 1 is 1.06 bits per heavy atom. The molecule has 0 aromatic heterocycles. The topological polar surface area (TPSA) is 119 Å². The summed E-state index contributed by atoms with van der Waals surface area (Å²) in [5, 5.41) is 12.5. The molecule has 0 bridgehead atoms. The number of ether oxygens (including phenoxy) is 2. The van der Waals surface area contributed by atoms with E-state index in [2.05, 4.69) is 5.32 Å². The van der Waals surface area contributed by atoms with E-state index in [-0.39, 0.29) is 36.7 Å². The minimum atomic E-state index is -1.08. The molecular weight excluding hydrogens is 414 g/mol. The summed E-state index contributed by atoms with van der Waals surface area (Å²) in [6.07, 6.45) is 5.60. The first-order valence-electron chi connectivity index (χ1n) is 11.9. The molecular formula is C24H39NO7. The molecule has 2 aliphatic carbocycles. The monoisotopic (exact) mass is 453 g/mol. The van der Waals surface area contributed by atoms with Crippen molar-refractivity contribution in [1.29, 1.82) is 0 Å². The lowest BCUT2D eigenvalue weighted by Gasteiger charge is -2.35. The minimum Gasteiger partial charge on any atom is -0.481 e. The molecule has 8 heteroatoms. The van der Waals surface area contributed by atoms with Crippen molar-refractivity contribution in [2.75, 3.05) is 6.61 Å². The van der Waals surface area contributed by atoms with Gasteiger partial charge in [-0.3, -0.25) is 19.2 Å². The second kappa shape index (κ2) is 11.1. The number of esters is 2. The first kappa shape index (κ1) is 26.1. The van der Waals surface area contributed by atoms with E-state index in [1.807, 2.05) is 0 Å². The van der Waals surface area contributed by atoms with Crippen molar-refractivity contribution in [2.24, 2.45) is 17.3 Å². The van der Waals surface area contributed by atoms with Gasteiger partial charge in [0.25, 0.3) is 0 Å². The van der Waals surface area contributed by atoms with Crippen LogP contribution >= 0.6 is 0 Å². The van der Waals surface area contributed by atoms with Crippen LogP contribution in [0.1, 0.15) is 91.9 Å². The number of carboxylic acid groups (broad SMARTS) is 1. The average Bonchev–Trinajstić information content (AvgIpc) is 3.16. The number of hydrogen-bond acceptors (Lipinski definition) is 6. The Labute approximate surface area is 190 Å². The van der Waals surface area contributed by atoms with Gasteiger partial charge < -0.3 is 19.9 Å². The Bertz CT molecular complexity index is 683. The molecule has 2 fully saturated rings. The van der Waals surface area contributed by atoms with Crippen molar-refractivity contribution in [2.45, 2.75) is 104 Å². The fraction of sp³-hybridized carbons (Fsp3) is 0.833. The molecule has 0 aromatic carbocycles. The molecule has 0 heterocycles. The molecule has 2 aliphatic rings.